The number of hydrogen-bond donors (Lipinski definition) is 3. The fraction of sp³-hybridized carbons (Fsp3) is 0.262. The van der Waals surface area contributed by atoms with E-state index in [0.29, 0.717) is 42.3 Å². The maximum atomic E-state index is 14.0. The number of benzene rings is 5. The lowest BCUT2D eigenvalue weighted by molar-refractivity contribution is 0.0632. The fourth-order valence-corrected chi connectivity index (χ4v) is 11.2. The fourth-order valence-electron chi connectivity index (χ4n) is 9.81. The number of rotatable bonds is 10. The number of hydrogen-bond acceptors (Lipinski definition) is 12. The number of aromatic carboxylic acids is 1. The van der Waals surface area contributed by atoms with Gasteiger partial charge >= 0.3 is 12.1 Å². The highest BCUT2D eigenvalue weighted by Gasteiger charge is 2.36. The van der Waals surface area contributed by atoms with Crippen LogP contribution in [0.5, 0.6) is 0 Å². The second kappa shape index (κ2) is 24.8. The molecule has 9 aromatic rings. The number of amides is 2. The van der Waals surface area contributed by atoms with E-state index in [-0.39, 0.29) is 55.1 Å². The number of carbonyl (C=O) groups excluding carboxylic acids is 2. The van der Waals surface area contributed by atoms with Crippen molar-refractivity contribution in [2.45, 2.75) is 93.6 Å². The van der Waals surface area contributed by atoms with Gasteiger partial charge in [0.2, 0.25) is 20.0 Å². The van der Waals surface area contributed by atoms with Crippen LogP contribution in [0.3, 0.4) is 0 Å². The molecule has 83 heavy (non-hydrogen) atoms. The van der Waals surface area contributed by atoms with Crippen LogP contribution in [0.1, 0.15) is 113 Å². The maximum Gasteiger partial charge on any atom is 0.410 e. The summed E-state index contributed by atoms with van der Waals surface area (Å²) in [6, 6.07) is 38.8. The van der Waals surface area contributed by atoms with Crippen LogP contribution in [0.25, 0.3) is 11.3 Å². The molecule has 2 atom stereocenters. The summed E-state index contributed by atoms with van der Waals surface area (Å²) in [6.45, 7) is 12.5. The maximum absolute atomic E-state index is 14.0. The van der Waals surface area contributed by atoms with Gasteiger partial charge in [-0.3, -0.25) is 19.1 Å². The highest BCUT2D eigenvalue weighted by molar-refractivity contribution is 7.92. The number of ether oxygens (including phenoxy) is 1. The topological polar surface area (TPSA) is 240 Å². The van der Waals surface area contributed by atoms with Gasteiger partial charge in [-0.25, -0.2) is 45.4 Å². The molecule has 19 nitrogen and oxygen atoms in total. The smallest absolute Gasteiger partial charge is 0.410 e. The molecule has 0 saturated heterocycles. The van der Waals surface area contributed by atoms with Gasteiger partial charge in [-0.05, 0) is 112 Å². The van der Waals surface area contributed by atoms with Crippen molar-refractivity contribution in [1.82, 2.24) is 39.0 Å². The van der Waals surface area contributed by atoms with Crippen LogP contribution >= 0.6 is 11.6 Å². The number of sulfonamides is 2. The lowest BCUT2D eigenvalue weighted by Gasteiger charge is -2.36. The van der Waals surface area contributed by atoms with E-state index in [1.54, 1.807) is 50.0 Å². The number of halogens is 1. The van der Waals surface area contributed by atoms with Crippen molar-refractivity contribution in [2.75, 3.05) is 22.0 Å². The van der Waals surface area contributed by atoms with Crippen LogP contribution in [0.15, 0.2) is 134 Å². The van der Waals surface area contributed by atoms with E-state index in [2.05, 4.69) is 37.6 Å². The zero-order valence-electron chi connectivity index (χ0n) is 46.4. The quantitative estimate of drug-likeness (QED) is 0.108. The van der Waals surface area contributed by atoms with Crippen LogP contribution < -0.4 is 9.44 Å². The number of fused-ring (bicyclic) bond motifs is 4. The molecule has 0 aliphatic carbocycles. The molecule has 0 fully saturated rings. The molecule has 432 valence electrons. The molecule has 0 spiro atoms. The molecule has 22 heteroatoms. The predicted molar refractivity (Wildman–Crippen MR) is 321 cm³/mol. The van der Waals surface area contributed by atoms with Crippen LogP contribution in [-0.4, -0.2) is 91.4 Å². The number of anilines is 2. The van der Waals surface area contributed by atoms with Gasteiger partial charge in [0.15, 0.2) is 11.3 Å². The first-order valence-corrected chi connectivity index (χ1v) is 30.2. The van der Waals surface area contributed by atoms with Crippen molar-refractivity contribution in [3.63, 3.8) is 0 Å². The largest absolute Gasteiger partial charge is 0.478 e. The third-order valence-corrected chi connectivity index (χ3v) is 15.8. The molecule has 2 amide bonds. The molecule has 2 aliphatic heterocycles. The van der Waals surface area contributed by atoms with Crippen molar-refractivity contribution in [3.8, 4) is 0 Å². The minimum Gasteiger partial charge on any atom is -0.478 e. The van der Waals surface area contributed by atoms with Crippen LogP contribution in [0, 0.1) is 41.5 Å². The molecule has 4 aromatic heterocycles. The van der Waals surface area contributed by atoms with Crippen molar-refractivity contribution in [1.29, 1.82) is 0 Å². The first-order valence-electron chi connectivity index (χ1n) is 26.1. The normalized spacial score (nSPS) is 14.7. The minimum absolute atomic E-state index is 0. The monoisotopic (exact) mass is 1180 g/mol. The van der Waals surface area contributed by atoms with Gasteiger partial charge in [0.05, 0.1) is 58.5 Å². The molecule has 0 saturated carbocycles. The zero-order chi connectivity index (χ0) is 58.8. The van der Waals surface area contributed by atoms with Gasteiger partial charge < -0.3 is 14.7 Å². The highest BCUT2D eigenvalue weighted by atomic mass is 35.5. The third kappa shape index (κ3) is 14.2. The predicted octanol–water partition coefficient (Wildman–Crippen LogP) is 11.1. The summed E-state index contributed by atoms with van der Waals surface area (Å²) in [5, 5.41) is 18.9. The molecule has 5 aromatic carbocycles. The number of aromatic nitrogens is 6. The Kier molecular flexibility index (Phi) is 18.1. The molecular formula is C61H65ClN10O9S2. The molecule has 0 unspecified atom stereocenters. The number of carboxylic acids is 1. The summed E-state index contributed by atoms with van der Waals surface area (Å²) in [5.74, 6) is -1.42. The first-order chi connectivity index (χ1) is 38.9. The Labute approximate surface area is 488 Å². The second-order valence-electron chi connectivity index (χ2n) is 20.6. The summed E-state index contributed by atoms with van der Waals surface area (Å²) in [5.41, 5.74) is 14.3. The number of nitrogens with one attached hydrogen (secondary N) is 2. The molecule has 3 N–H and O–H groups in total. The molecule has 2 aliphatic rings. The van der Waals surface area contributed by atoms with Crippen molar-refractivity contribution < 1.29 is 41.1 Å². The number of nitrogens with zero attached hydrogens (tertiary/aromatic N) is 8. The van der Waals surface area contributed by atoms with E-state index in [1.165, 1.54) is 17.7 Å². The number of aryl methyl sites for hydroxylation is 5. The Hall–Kier alpha value is -8.66. The third-order valence-electron chi connectivity index (χ3n) is 14.2. The second-order valence-corrected chi connectivity index (χ2v) is 24.4. The van der Waals surface area contributed by atoms with Crippen LogP contribution in [-0.2, 0) is 57.3 Å². The zero-order valence-corrected chi connectivity index (χ0v) is 48.8. The van der Waals surface area contributed by atoms with E-state index < -0.39 is 26.0 Å². The summed E-state index contributed by atoms with van der Waals surface area (Å²) < 4.78 is 59.6. The van der Waals surface area contributed by atoms with Gasteiger partial charge in [0.1, 0.15) is 11.8 Å². The van der Waals surface area contributed by atoms with E-state index in [4.69, 9.17) is 31.6 Å². The van der Waals surface area contributed by atoms with Crippen molar-refractivity contribution in [3.05, 3.63) is 223 Å². The van der Waals surface area contributed by atoms with Gasteiger partial charge in [0, 0.05) is 48.4 Å². The van der Waals surface area contributed by atoms with Gasteiger partial charge in [0.25, 0.3) is 5.91 Å². The summed E-state index contributed by atoms with van der Waals surface area (Å²) in [6.07, 6.45) is 4.88. The summed E-state index contributed by atoms with van der Waals surface area (Å²) in [7, 11) is -7.02. The van der Waals surface area contributed by atoms with Crippen molar-refractivity contribution >= 4 is 72.3 Å². The van der Waals surface area contributed by atoms with Crippen molar-refractivity contribution in [2.24, 2.45) is 0 Å². The summed E-state index contributed by atoms with van der Waals surface area (Å²) >= 11 is 6.54. The average molecular weight is 1180 g/mol. The number of carboxylic acid groups (broad SMARTS) is 1. The Morgan fingerprint density at radius 3 is 1.70 bits per heavy atom. The van der Waals surface area contributed by atoms with E-state index in [9.17, 15) is 31.2 Å². The van der Waals surface area contributed by atoms with E-state index >= 15 is 0 Å². The van der Waals surface area contributed by atoms with Gasteiger partial charge in [-0.2, -0.15) is 10.2 Å². The lowest BCUT2D eigenvalue weighted by Crippen LogP contribution is -2.39. The van der Waals surface area contributed by atoms with Gasteiger partial charge in [-0.15, -0.1) is 0 Å². The minimum atomic E-state index is -3.56. The standard InChI is InChI=1S/C26H27N5O3S.C25H23ClN4O2.C9H11NO4S.CH4/c1-16-9-10-22(29-35(4,33)34)21(11-16)26(32)30-15-20-8-6-5-7-19(20)12-24(30)23-13-25-27-18(3)17(2)14-31(25)28-23;1-16-17(2)27-23-13-21(28-30(23)24(16)26)22-12-19-10-6-7-11-20(19)14-29(22)25(31)32-15-18-8-4-3-5-9-18;1-6-3-4-8(10-15(2,13)14)7(5-6)9(11)12;/h5-11,13-14,24,29H,12,15H2,1-4H3;3-11,13,22H,12,14-15H2,1-2H3;3-5,10H,1-2H3,(H,11,12);1H4/t24-;22-;;/m00../s1. The summed E-state index contributed by atoms with van der Waals surface area (Å²) in [4.78, 5) is 50.8. The Morgan fingerprint density at radius 1 is 0.627 bits per heavy atom. The van der Waals surface area contributed by atoms with E-state index in [0.717, 1.165) is 85.4 Å². The molecule has 0 bridgehead atoms. The average Bonchev–Trinajstić information content (AvgIpc) is 3.08. The van der Waals surface area contributed by atoms with Gasteiger partial charge in [-0.1, -0.05) is 121 Å². The van der Waals surface area contributed by atoms with E-state index in [1.807, 2.05) is 114 Å². The molecular weight excluding hydrogens is 1120 g/mol. The first kappa shape index (κ1) is 60.4. The number of carbonyl (C=O) groups is 3. The molecule has 6 heterocycles. The molecule has 0 radical (unpaired) electrons. The lowest BCUT2D eigenvalue weighted by atomic mass is 9.91. The Bertz CT molecular complexity index is 4130. The van der Waals surface area contributed by atoms with Crippen LogP contribution in [0.4, 0.5) is 16.2 Å². The van der Waals surface area contributed by atoms with Crippen LogP contribution in [0.2, 0.25) is 5.15 Å². The SMILES string of the molecule is C.Cc1ccc(NS(C)(=O)=O)c(C(=O)N2Cc3ccccc3C[C@H]2c2cc3nc(C)c(C)cn3n2)c1.Cc1ccc(NS(C)(=O)=O)c(C(=O)O)c1.Cc1nc2cc([C@@H]3Cc4ccccc4CN3C(=O)OCc3ccccc3)nn2c(Cl)c1C. The Morgan fingerprint density at radius 2 is 1.12 bits per heavy atom. The Balaban J connectivity index is 0.000000174. The molecule has 11 rings (SSSR count). The highest BCUT2D eigenvalue weighted by Crippen LogP contribution is 2.37.